The predicted octanol–water partition coefficient (Wildman–Crippen LogP) is 3.31. The molecule has 3 rings (SSSR count). The van der Waals surface area contributed by atoms with Gasteiger partial charge in [0.25, 0.3) is 5.91 Å². The molecule has 4 amide bonds. The van der Waals surface area contributed by atoms with Gasteiger partial charge in [0, 0.05) is 57.7 Å². The highest BCUT2D eigenvalue weighted by atomic mass is 16.5. The molecule has 1 heterocycles. The van der Waals surface area contributed by atoms with Crippen molar-refractivity contribution >= 4 is 29.2 Å². The van der Waals surface area contributed by atoms with E-state index in [1.807, 2.05) is 32.0 Å². The molecule has 3 atom stereocenters. The topological polar surface area (TPSA) is 109 Å². The Bertz CT molecular complexity index is 1080. The molecule has 2 aromatic carbocycles. The summed E-state index contributed by atoms with van der Waals surface area (Å²) < 4.78 is 16.9. The van der Waals surface area contributed by atoms with Crippen LogP contribution in [0.25, 0.3) is 0 Å². The van der Waals surface area contributed by atoms with Crippen LogP contribution in [-0.2, 0) is 14.3 Å². The van der Waals surface area contributed by atoms with Gasteiger partial charge in [0.05, 0.1) is 17.7 Å². The number of carbonyl (C=O) groups is 3. The summed E-state index contributed by atoms with van der Waals surface area (Å²) >= 11 is 0. The Hall–Kier alpha value is -3.63. The molecule has 1 aliphatic rings. The molecule has 2 N–H and O–H groups in total. The van der Waals surface area contributed by atoms with E-state index in [0.29, 0.717) is 35.8 Å². The molecular weight excluding hydrogens is 476 g/mol. The molecule has 2 aromatic rings. The molecule has 0 spiro atoms. The number of para-hydroxylation sites is 1. The second-order valence-corrected chi connectivity index (χ2v) is 9.23. The minimum Gasteiger partial charge on any atom is -0.491 e. The largest absolute Gasteiger partial charge is 0.491 e. The molecule has 0 aliphatic carbocycles. The number of methoxy groups -OCH3 is 2. The van der Waals surface area contributed by atoms with E-state index in [2.05, 4.69) is 10.6 Å². The number of likely N-dealkylation sites (N-methyl/N-ethyl adjacent to an activating group) is 1. The number of urea groups is 1. The number of anilines is 2. The normalized spacial score (nSPS) is 20.7. The highest BCUT2D eigenvalue weighted by molar-refractivity contribution is 6.01. The number of benzene rings is 2. The Morgan fingerprint density at radius 1 is 1.03 bits per heavy atom. The van der Waals surface area contributed by atoms with E-state index in [4.69, 9.17) is 14.2 Å². The molecule has 0 bridgehead atoms. The lowest BCUT2D eigenvalue weighted by Gasteiger charge is -2.36. The summed E-state index contributed by atoms with van der Waals surface area (Å²) in [5.41, 5.74) is 1.45. The van der Waals surface area contributed by atoms with Crippen LogP contribution >= 0.6 is 0 Å². The fourth-order valence-corrected chi connectivity index (χ4v) is 4.22. The van der Waals surface area contributed by atoms with E-state index in [0.717, 1.165) is 0 Å². The summed E-state index contributed by atoms with van der Waals surface area (Å²) in [6.07, 6.45) is -0.287. The fourth-order valence-electron chi connectivity index (χ4n) is 4.22. The third-order valence-electron chi connectivity index (χ3n) is 6.32. The van der Waals surface area contributed by atoms with Crippen LogP contribution in [-0.4, -0.2) is 87.4 Å². The standard InChI is InChI=1S/C27H36N4O6/c1-18-14-31(25(32)17-35-4)19(2)16-37-23-13-21(29-27(34)28-20-9-7-6-8-10-20)11-12-22(23)26(33)30(3)15-24(18)36-5/h6-13,18-19,24H,14-17H2,1-5H3,(H2,28,29,34)/t18-,19+,24-/m1/s1. The highest BCUT2D eigenvalue weighted by Gasteiger charge is 2.30. The summed E-state index contributed by atoms with van der Waals surface area (Å²) in [4.78, 5) is 42.0. The molecule has 0 saturated heterocycles. The molecule has 1 aliphatic heterocycles. The SMILES string of the molecule is COCC(=O)N1C[C@@H](C)[C@H](OC)CN(C)C(=O)c2ccc(NC(=O)Nc3ccccc3)cc2OC[C@@H]1C. The van der Waals surface area contributed by atoms with Gasteiger partial charge in [-0.15, -0.1) is 0 Å². The van der Waals surface area contributed by atoms with Gasteiger partial charge in [-0.05, 0) is 31.2 Å². The number of hydrogen-bond acceptors (Lipinski definition) is 6. The first-order valence-corrected chi connectivity index (χ1v) is 12.2. The van der Waals surface area contributed by atoms with Gasteiger partial charge < -0.3 is 34.6 Å². The van der Waals surface area contributed by atoms with Gasteiger partial charge in [0.1, 0.15) is 19.0 Å². The van der Waals surface area contributed by atoms with Gasteiger partial charge in [-0.25, -0.2) is 4.79 Å². The molecule has 0 aromatic heterocycles. The molecule has 0 saturated carbocycles. The van der Waals surface area contributed by atoms with Crippen LogP contribution in [0.1, 0.15) is 24.2 Å². The zero-order chi connectivity index (χ0) is 26.9. The molecular formula is C27H36N4O6. The summed E-state index contributed by atoms with van der Waals surface area (Å²) in [6, 6.07) is 13.2. The lowest BCUT2D eigenvalue weighted by molar-refractivity contribution is -0.139. The van der Waals surface area contributed by atoms with Gasteiger partial charge in [0.2, 0.25) is 5.91 Å². The van der Waals surface area contributed by atoms with Crippen molar-refractivity contribution in [2.24, 2.45) is 5.92 Å². The van der Waals surface area contributed by atoms with E-state index >= 15 is 0 Å². The lowest BCUT2D eigenvalue weighted by atomic mass is 10.0. The van der Waals surface area contributed by atoms with Crippen LogP contribution in [0.3, 0.4) is 0 Å². The number of hydrogen-bond donors (Lipinski definition) is 2. The maximum Gasteiger partial charge on any atom is 0.323 e. The summed E-state index contributed by atoms with van der Waals surface area (Å²) in [6.45, 7) is 4.72. The Morgan fingerprint density at radius 2 is 1.73 bits per heavy atom. The molecule has 37 heavy (non-hydrogen) atoms. The van der Waals surface area contributed by atoms with Crippen LogP contribution in [0, 0.1) is 5.92 Å². The molecule has 0 fully saturated rings. The van der Waals surface area contributed by atoms with Gasteiger partial charge in [-0.1, -0.05) is 25.1 Å². The van der Waals surface area contributed by atoms with E-state index in [1.54, 1.807) is 54.3 Å². The number of fused-ring (bicyclic) bond motifs is 1. The predicted molar refractivity (Wildman–Crippen MR) is 141 cm³/mol. The van der Waals surface area contributed by atoms with Crippen LogP contribution in [0.2, 0.25) is 0 Å². The minimum absolute atomic E-state index is 0.0443. The van der Waals surface area contributed by atoms with Crippen molar-refractivity contribution in [1.29, 1.82) is 0 Å². The number of ether oxygens (including phenoxy) is 3. The van der Waals surface area contributed by atoms with Crippen LogP contribution in [0.5, 0.6) is 5.75 Å². The van der Waals surface area contributed by atoms with Crippen molar-refractivity contribution in [2.75, 3.05) is 58.2 Å². The maximum atomic E-state index is 13.3. The summed E-state index contributed by atoms with van der Waals surface area (Å²) in [5.74, 6) is -0.125. The monoisotopic (exact) mass is 512 g/mol. The molecule has 10 heteroatoms. The highest BCUT2D eigenvalue weighted by Crippen LogP contribution is 2.27. The quantitative estimate of drug-likeness (QED) is 0.636. The Labute approximate surface area is 217 Å². The Balaban J connectivity index is 1.89. The van der Waals surface area contributed by atoms with Crippen molar-refractivity contribution in [2.45, 2.75) is 26.0 Å². The number of rotatable bonds is 5. The number of amides is 4. The lowest BCUT2D eigenvalue weighted by Crippen LogP contribution is -2.49. The van der Waals surface area contributed by atoms with Gasteiger partial charge in [-0.3, -0.25) is 9.59 Å². The first-order valence-electron chi connectivity index (χ1n) is 12.2. The first kappa shape index (κ1) is 27.9. The molecule has 200 valence electrons. The molecule has 0 radical (unpaired) electrons. The van der Waals surface area contributed by atoms with Crippen molar-refractivity contribution in [3.05, 3.63) is 54.1 Å². The van der Waals surface area contributed by atoms with E-state index in [9.17, 15) is 14.4 Å². The molecule has 10 nitrogen and oxygen atoms in total. The average Bonchev–Trinajstić information content (AvgIpc) is 2.88. The number of carbonyl (C=O) groups excluding carboxylic acids is 3. The van der Waals surface area contributed by atoms with Crippen LogP contribution in [0.15, 0.2) is 48.5 Å². The summed E-state index contributed by atoms with van der Waals surface area (Å²) in [7, 11) is 4.79. The van der Waals surface area contributed by atoms with Crippen LogP contribution < -0.4 is 15.4 Å². The summed E-state index contributed by atoms with van der Waals surface area (Å²) in [5, 5.41) is 5.53. The Morgan fingerprint density at radius 3 is 2.41 bits per heavy atom. The van der Waals surface area contributed by atoms with E-state index in [-0.39, 0.29) is 43.1 Å². The zero-order valence-electron chi connectivity index (χ0n) is 22.0. The smallest absolute Gasteiger partial charge is 0.323 e. The Kier molecular flexibility index (Phi) is 9.87. The fraction of sp³-hybridized carbons (Fsp3) is 0.444. The number of nitrogens with zero attached hydrogens (tertiary/aromatic N) is 2. The first-order chi connectivity index (χ1) is 17.7. The van der Waals surface area contributed by atoms with Crippen molar-refractivity contribution in [1.82, 2.24) is 9.80 Å². The number of nitrogens with one attached hydrogen (secondary N) is 2. The van der Waals surface area contributed by atoms with E-state index in [1.165, 1.54) is 7.11 Å². The van der Waals surface area contributed by atoms with Crippen molar-refractivity contribution in [3.8, 4) is 5.75 Å². The van der Waals surface area contributed by atoms with Gasteiger partial charge in [-0.2, -0.15) is 0 Å². The minimum atomic E-state index is -0.427. The van der Waals surface area contributed by atoms with Gasteiger partial charge >= 0.3 is 6.03 Å². The average molecular weight is 513 g/mol. The zero-order valence-corrected chi connectivity index (χ0v) is 22.0. The van der Waals surface area contributed by atoms with E-state index < -0.39 is 6.03 Å². The molecule has 0 unspecified atom stereocenters. The second-order valence-electron chi connectivity index (χ2n) is 9.23. The van der Waals surface area contributed by atoms with Gasteiger partial charge in [0.15, 0.2) is 0 Å². The third-order valence-corrected chi connectivity index (χ3v) is 6.32. The second kappa shape index (κ2) is 13.1. The third kappa shape index (κ3) is 7.43. The van der Waals surface area contributed by atoms with Crippen LogP contribution in [0.4, 0.5) is 16.2 Å². The van der Waals surface area contributed by atoms with Crippen molar-refractivity contribution in [3.63, 3.8) is 0 Å². The van der Waals surface area contributed by atoms with Crippen molar-refractivity contribution < 1.29 is 28.6 Å². The maximum absolute atomic E-state index is 13.3.